The maximum absolute atomic E-state index is 9.99. The highest BCUT2D eigenvalue weighted by atomic mass is 16.5. The number of aliphatic hydroxyl groups is 1. The lowest BCUT2D eigenvalue weighted by molar-refractivity contribution is -0.0151. The first kappa shape index (κ1) is 7.62. The van der Waals surface area contributed by atoms with Crippen molar-refractivity contribution in [3.8, 4) is 5.75 Å². The van der Waals surface area contributed by atoms with Crippen molar-refractivity contribution in [3.05, 3.63) is 29.8 Å². The van der Waals surface area contributed by atoms with Crippen LogP contribution in [0.25, 0.3) is 0 Å². The van der Waals surface area contributed by atoms with Crippen LogP contribution in [0, 0.1) is 0 Å². The predicted molar refractivity (Wildman–Crippen MR) is 46.1 cm³/mol. The third-order valence-corrected chi connectivity index (χ3v) is 2.53. The van der Waals surface area contributed by atoms with Gasteiger partial charge in [0.2, 0.25) is 0 Å². The predicted octanol–water partition coefficient (Wildman–Crippen LogP) is 1.68. The SMILES string of the molecule is C[C@H]1Oc2ccccc2[C@]1(C)O. The van der Waals surface area contributed by atoms with Crippen molar-refractivity contribution in [3.63, 3.8) is 0 Å². The molecule has 64 valence electrons. The number of fused-ring (bicyclic) bond motifs is 1. The Hall–Kier alpha value is -1.02. The van der Waals surface area contributed by atoms with Crippen LogP contribution in [0.5, 0.6) is 5.75 Å². The molecule has 1 aromatic carbocycles. The van der Waals surface area contributed by atoms with Gasteiger partial charge in [0.15, 0.2) is 0 Å². The van der Waals surface area contributed by atoms with Crippen molar-refractivity contribution in [1.29, 1.82) is 0 Å². The number of hydrogen-bond acceptors (Lipinski definition) is 2. The second-order valence-electron chi connectivity index (χ2n) is 3.40. The Bertz CT molecular complexity index is 304. The molecule has 2 rings (SSSR count). The molecule has 0 aromatic heterocycles. The van der Waals surface area contributed by atoms with Crippen LogP contribution in [0.2, 0.25) is 0 Å². The summed E-state index contributed by atoms with van der Waals surface area (Å²) < 4.78 is 5.47. The molecule has 1 N–H and O–H groups in total. The van der Waals surface area contributed by atoms with E-state index in [0.29, 0.717) is 0 Å². The fraction of sp³-hybridized carbons (Fsp3) is 0.400. The average molecular weight is 164 g/mol. The van der Waals surface area contributed by atoms with E-state index in [9.17, 15) is 5.11 Å². The minimum Gasteiger partial charge on any atom is -0.487 e. The second kappa shape index (κ2) is 2.23. The fourth-order valence-corrected chi connectivity index (χ4v) is 1.51. The molecule has 0 saturated heterocycles. The van der Waals surface area contributed by atoms with Gasteiger partial charge in [0, 0.05) is 5.56 Å². The summed E-state index contributed by atoms with van der Waals surface area (Å²) in [7, 11) is 0. The molecule has 2 heteroatoms. The summed E-state index contributed by atoms with van der Waals surface area (Å²) in [5, 5.41) is 9.99. The number of para-hydroxylation sites is 1. The molecule has 0 unspecified atom stereocenters. The summed E-state index contributed by atoms with van der Waals surface area (Å²) in [5.41, 5.74) is 0.0499. The van der Waals surface area contributed by atoms with Crippen LogP contribution in [0.4, 0.5) is 0 Å². The third kappa shape index (κ3) is 0.847. The van der Waals surface area contributed by atoms with E-state index < -0.39 is 5.60 Å². The smallest absolute Gasteiger partial charge is 0.129 e. The molecule has 1 aliphatic heterocycles. The Morgan fingerprint density at radius 2 is 2.08 bits per heavy atom. The first-order valence-corrected chi connectivity index (χ1v) is 4.11. The molecule has 2 atom stereocenters. The van der Waals surface area contributed by atoms with E-state index in [0.717, 1.165) is 11.3 Å². The Labute approximate surface area is 71.8 Å². The quantitative estimate of drug-likeness (QED) is 0.632. The topological polar surface area (TPSA) is 29.5 Å². The van der Waals surface area contributed by atoms with Crippen LogP contribution in [-0.4, -0.2) is 11.2 Å². The summed E-state index contributed by atoms with van der Waals surface area (Å²) in [6, 6.07) is 7.60. The van der Waals surface area contributed by atoms with E-state index in [2.05, 4.69) is 0 Å². The number of benzene rings is 1. The summed E-state index contributed by atoms with van der Waals surface area (Å²) in [4.78, 5) is 0. The van der Waals surface area contributed by atoms with Crippen molar-refractivity contribution in [2.75, 3.05) is 0 Å². The Balaban J connectivity index is 2.55. The zero-order valence-electron chi connectivity index (χ0n) is 7.24. The Morgan fingerprint density at radius 3 is 2.75 bits per heavy atom. The van der Waals surface area contributed by atoms with Crippen LogP contribution in [0.15, 0.2) is 24.3 Å². The van der Waals surface area contributed by atoms with E-state index in [1.165, 1.54) is 0 Å². The first-order valence-electron chi connectivity index (χ1n) is 4.11. The molecule has 0 bridgehead atoms. The Kier molecular flexibility index (Phi) is 1.42. The van der Waals surface area contributed by atoms with Crippen molar-refractivity contribution < 1.29 is 9.84 Å². The van der Waals surface area contributed by atoms with Crippen LogP contribution in [0.3, 0.4) is 0 Å². The van der Waals surface area contributed by atoms with Crippen LogP contribution < -0.4 is 4.74 Å². The van der Waals surface area contributed by atoms with E-state index >= 15 is 0 Å². The van der Waals surface area contributed by atoms with Gasteiger partial charge >= 0.3 is 0 Å². The highest BCUT2D eigenvalue weighted by Gasteiger charge is 2.40. The van der Waals surface area contributed by atoms with Gasteiger partial charge in [-0.05, 0) is 19.9 Å². The highest BCUT2D eigenvalue weighted by Crippen LogP contribution is 2.40. The summed E-state index contributed by atoms with van der Waals surface area (Å²) in [6.45, 7) is 3.66. The van der Waals surface area contributed by atoms with Crippen molar-refractivity contribution in [2.45, 2.75) is 25.6 Å². The van der Waals surface area contributed by atoms with Gasteiger partial charge in [-0.15, -0.1) is 0 Å². The Morgan fingerprint density at radius 1 is 1.42 bits per heavy atom. The van der Waals surface area contributed by atoms with Crippen LogP contribution in [0.1, 0.15) is 19.4 Å². The van der Waals surface area contributed by atoms with Gasteiger partial charge in [-0.2, -0.15) is 0 Å². The monoisotopic (exact) mass is 164 g/mol. The molecular weight excluding hydrogens is 152 g/mol. The summed E-state index contributed by atoms with van der Waals surface area (Å²) in [6.07, 6.45) is -0.158. The maximum atomic E-state index is 9.99. The maximum Gasteiger partial charge on any atom is 0.129 e. The summed E-state index contributed by atoms with van der Waals surface area (Å²) >= 11 is 0. The molecule has 0 fully saturated rings. The van der Waals surface area contributed by atoms with E-state index in [1.807, 2.05) is 31.2 Å². The lowest BCUT2D eigenvalue weighted by Gasteiger charge is -2.20. The van der Waals surface area contributed by atoms with Gasteiger partial charge in [0.05, 0.1) is 0 Å². The normalized spacial score (nSPS) is 32.8. The molecule has 0 radical (unpaired) electrons. The van der Waals surface area contributed by atoms with Gasteiger partial charge in [-0.25, -0.2) is 0 Å². The standard InChI is InChI=1S/C10H12O2/c1-7-10(2,11)8-5-3-4-6-9(8)12-7/h3-7,11H,1-2H3/t7-,10-/m1/s1. The number of hydrogen-bond donors (Lipinski definition) is 1. The van der Waals surface area contributed by atoms with Gasteiger partial charge in [0.1, 0.15) is 17.5 Å². The van der Waals surface area contributed by atoms with Crippen molar-refractivity contribution >= 4 is 0 Å². The molecular formula is C10H12O2. The van der Waals surface area contributed by atoms with Crippen molar-refractivity contribution in [2.24, 2.45) is 0 Å². The molecule has 2 nitrogen and oxygen atoms in total. The van der Waals surface area contributed by atoms with Gasteiger partial charge in [-0.3, -0.25) is 0 Å². The lowest BCUT2D eigenvalue weighted by Crippen LogP contribution is -2.31. The van der Waals surface area contributed by atoms with Crippen LogP contribution in [-0.2, 0) is 5.60 Å². The van der Waals surface area contributed by atoms with E-state index in [-0.39, 0.29) is 6.10 Å². The second-order valence-corrected chi connectivity index (χ2v) is 3.40. The molecule has 0 aliphatic carbocycles. The van der Waals surface area contributed by atoms with Gasteiger partial charge in [0.25, 0.3) is 0 Å². The lowest BCUT2D eigenvalue weighted by atomic mass is 9.93. The fourth-order valence-electron chi connectivity index (χ4n) is 1.51. The molecule has 0 spiro atoms. The van der Waals surface area contributed by atoms with Crippen LogP contribution >= 0.6 is 0 Å². The summed E-state index contributed by atoms with van der Waals surface area (Å²) in [5.74, 6) is 0.801. The largest absolute Gasteiger partial charge is 0.487 e. The molecule has 1 aliphatic rings. The van der Waals surface area contributed by atoms with Crippen molar-refractivity contribution in [1.82, 2.24) is 0 Å². The molecule has 0 amide bonds. The number of rotatable bonds is 0. The minimum atomic E-state index is -0.837. The molecule has 0 saturated carbocycles. The number of ether oxygens (including phenoxy) is 1. The van der Waals surface area contributed by atoms with E-state index in [4.69, 9.17) is 4.74 Å². The third-order valence-electron chi connectivity index (χ3n) is 2.53. The minimum absolute atomic E-state index is 0.158. The molecule has 12 heavy (non-hydrogen) atoms. The molecule has 1 heterocycles. The molecule has 1 aromatic rings. The van der Waals surface area contributed by atoms with Gasteiger partial charge in [-0.1, -0.05) is 18.2 Å². The van der Waals surface area contributed by atoms with E-state index in [1.54, 1.807) is 6.92 Å². The zero-order chi connectivity index (χ0) is 8.77. The zero-order valence-corrected chi connectivity index (χ0v) is 7.24. The first-order chi connectivity index (χ1) is 5.62. The highest BCUT2D eigenvalue weighted by molar-refractivity contribution is 5.42. The van der Waals surface area contributed by atoms with Gasteiger partial charge < -0.3 is 9.84 Å². The average Bonchev–Trinajstić information content (AvgIpc) is 2.25.